The third-order valence-corrected chi connectivity index (χ3v) is 6.33. The van der Waals surface area contributed by atoms with Gasteiger partial charge in [-0.1, -0.05) is 24.3 Å². The van der Waals surface area contributed by atoms with E-state index in [9.17, 15) is 37.7 Å². The third kappa shape index (κ3) is 3.49. The largest absolute Gasteiger partial charge is 0.416 e. The van der Waals surface area contributed by atoms with Crippen LogP contribution in [0.3, 0.4) is 0 Å². The number of hydrogen-bond acceptors (Lipinski definition) is 7. The fourth-order valence-electron chi connectivity index (χ4n) is 4.86. The first-order valence-corrected chi connectivity index (χ1v) is 10.4. The summed E-state index contributed by atoms with van der Waals surface area (Å²) >= 11 is 0. The van der Waals surface area contributed by atoms with Crippen LogP contribution in [0.4, 0.5) is 24.5 Å². The van der Waals surface area contributed by atoms with Gasteiger partial charge in [0.05, 0.1) is 34.1 Å². The van der Waals surface area contributed by atoms with Gasteiger partial charge in [-0.05, 0) is 24.3 Å². The van der Waals surface area contributed by atoms with E-state index in [2.05, 4.69) is 5.10 Å². The van der Waals surface area contributed by atoms with Crippen molar-refractivity contribution in [3.8, 4) is 0 Å². The Kier molecular flexibility index (Phi) is 5.04. The summed E-state index contributed by atoms with van der Waals surface area (Å²) in [5, 5.41) is 16.6. The van der Waals surface area contributed by atoms with Crippen LogP contribution in [0.5, 0.6) is 0 Å². The maximum absolute atomic E-state index is 13.5. The summed E-state index contributed by atoms with van der Waals surface area (Å²) in [7, 11) is 0. The highest BCUT2D eigenvalue weighted by Gasteiger charge is 2.64. The van der Waals surface area contributed by atoms with Crippen LogP contribution in [0.1, 0.15) is 15.9 Å². The number of carbonyl (C=O) groups is 3. The lowest BCUT2D eigenvalue weighted by molar-refractivity contribution is -0.384. The Morgan fingerprint density at radius 1 is 1.03 bits per heavy atom. The number of halogens is 3. The summed E-state index contributed by atoms with van der Waals surface area (Å²) in [6.45, 7) is 0. The smallest absolute Gasteiger partial charge is 0.292 e. The van der Waals surface area contributed by atoms with E-state index in [0.29, 0.717) is 11.0 Å². The molecule has 2 saturated heterocycles. The van der Waals surface area contributed by atoms with Crippen LogP contribution in [0, 0.1) is 22.0 Å². The average Bonchev–Trinajstić information content (AvgIpc) is 3.30. The summed E-state index contributed by atoms with van der Waals surface area (Å²) in [6, 6.07) is 6.73. The number of nitrogens with zero attached hydrogens (tertiary/aromatic N) is 4. The number of hydrazone groups is 1. The quantitative estimate of drug-likeness (QED) is 0.285. The van der Waals surface area contributed by atoms with Crippen LogP contribution in [-0.2, 0) is 15.8 Å². The molecule has 0 radical (unpaired) electrons. The van der Waals surface area contributed by atoms with Crippen LogP contribution < -0.4 is 4.90 Å². The highest BCUT2D eigenvalue weighted by atomic mass is 19.4. The molecule has 9 nitrogen and oxygen atoms in total. The van der Waals surface area contributed by atoms with Crippen molar-refractivity contribution in [2.75, 3.05) is 4.90 Å². The summed E-state index contributed by atoms with van der Waals surface area (Å²) in [5.41, 5.74) is -1.66. The number of Topliss-reactive ketones (excluding diaryl/α,β-unsaturated/α-hetero) is 1. The van der Waals surface area contributed by atoms with Gasteiger partial charge in [0, 0.05) is 23.9 Å². The Hall–Kier alpha value is -4.35. The van der Waals surface area contributed by atoms with Gasteiger partial charge in [-0.15, -0.1) is 0 Å². The lowest BCUT2D eigenvalue weighted by Gasteiger charge is -2.30. The molecule has 0 unspecified atom stereocenters. The molecule has 3 aliphatic heterocycles. The van der Waals surface area contributed by atoms with Gasteiger partial charge in [0.25, 0.3) is 5.69 Å². The molecule has 35 heavy (non-hydrogen) atoms. The number of nitro benzene ring substituents is 1. The molecule has 2 amide bonds. The number of benzene rings is 2. The minimum absolute atomic E-state index is 0.0499. The zero-order chi connectivity index (χ0) is 25.1. The molecule has 0 aliphatic carbocycles. The maximum Gasteiger partial charge on any atom is 0.416 e. The first kappa shape index (κ1) is 22.4. The molecule has 3 aliphatic rings. The van der Waals surface area contributed by atoms with Gasteiger partial charge in [-0.3, -0.25) is 29.5 Å². The van der Waals surface area contributed by atoms with Crippen molar-refractivity contribution < 1.29 is 32.5 Å². The monoisotopic (exact) mass is 484 g/mol. The van der Waals surface area contributed by atoms with E-state index >= 15 is 0 Å². The van der Waals surface area contributed by atoms with Crippen LogP contribution >= 0.6 is 0 Å². The zero-order valence-corrected chi connectivity index (χ0v) is 17.6. The Labute approximate surface area is 195 Å². The zero-order valence-electron chi connectivity index (χ0n) is 17.6. The van der Waals surface area contributed by atoms with Crippen LogP contribution in [-0.4, -0.2) is 45.8 Å². The van der Waals surface area contributed by atoms with Crippen LogP contribution in [0.15, 0.2) is 65.8 Å². The molecule has 3 heterocycles. The lowest BCUT2D eigenvalue weighted by Crippen LogP contribution is -2.46. The molecule has 2 aromatic carbocycles. The van der Waals surface area contributed by atoms with E-state index < -0.39 is 58.2 Å². The van der Waals surface area contributed by atoms with Gasteiger partial charge in [0.1, 0.15) is 6.04 Å². The number of allylic oxidation sites excluding steroid dienone is 1. The highest BCUT2D eigenvalue weighted by Crippen LogP contribution is 2.46. The minimum atomic E-state index is -4.68. The van der Waals surface area contributed by atoms with Crippen molar-refractivity contribution in [2.45, 2.75) is 18.3 Å². The summed E-state index contributed by atoms with van der Waals surface area (Å²) in [6.07, 6.45) is -0.171. The molecule has 12 heteroatoms. The van der Waals surface area contributed by atoms with Gasteiger partial charge in [0.2, 0.25) is 11.8 Å². The second-order valence-electron chi connectivity index (χ2n) is 8.25. The Balaban J connectivity index is 1.57. The van der Waals surface area contributed by atoms with Crippen molar-refractivity contribution in [2.24, 2.45) is 16.9 Å². The number of rotatable bonds is 4. The minimum Gasteiger partial charge on any atom is -0.292 e. The van der Waals surface area contributed by atoms with E-state index in [-0.39, 0.29) is 16.9 Å². The maximum atomic E-state index is 13.5. The van der Waals surface area contributed by atoms with Crippen molar-refractivity contribution >= 4 is 35.2 Å². The molecule has 4 atom stereocenters. The second kappa shape index (κ2) is 7.86. The standard InChI is InChI=1S/C23H15F3N4O5/c24-23(25,26)13-5-2-6-14(11-13)28-21(32)17-16-8-3-9-27-29(16)19(18(17)22(28)33)20(31)12-4-1-7-15(10-12)30(34)35/h1-11,16-19H/t16-,17+,18+,19-/m0/s1. The first-order valence-electron chi connectivity index (χ1n) is 10.4. The number of alkyl halides is 3. The molecular weight excluding hydrogens is 469 g/mol. The summed E-state index contributed by atoms with van der Waals surface area (Å²) < 4.78 is 39.7. The molecule has 2 fully saturated rings. The van der Waals surface area contributed by atoms with Crippen molar-refractivity contribution in [1.82, 2.24) is 5.01 Å². The predicted molar refractivity (Wildman–Crippen MR) is 115 cm³/mol. The van der Waals surface area contributed by atoms with E-state index in [4.69, 9.17) is 0 Å². The average molecular weight is 484 g/mol. The molecule has 5 rings (SSSR count). The second-order valence-corrected chi connectivity index (χ2v) is 8.25. The van der Waals surface area contributed by atoms with Crippen molar-refractivity contribution in [3.05, 3.63) is 81.9 Å². The number of anilines is 1. The molecular formula is C23H15F3N4O5. The molecule has 0 spiro atoms. The number of hydrogen-bond donors (Lipinski definition) is 0. The molecule has 0 saturated carbocycles. The number of ketones is 1. The molecule has 178 valence electrons. The van der Waals surface area contributed by atoms with Gasteiger partial charge in [-0.25, -0.2) is 4.90 Å². The Bertz CT molecular complexity index is 1340. The van der Waals surface area contributed by atoms with Gasteiger partial charge < -0.3 is 0 Å². The first-order chi connectivity index (χ1) is 16.6. The topological polar surface area (TPSA) is 113 Å². The number of non-ortho nitro benzene ring substituents is 1. The number of nitro groups is 1. The van der Waals surface area contributed by atoms with Crippen molar-refractivity contribution in [3.63, 3.8) is 0 Å². The Morgan fingerprint density at radius 3 is 2.46 bits per heavy atom. The molecule has 0 bridgehead atoms. The number of carbonyl (C=O) groups excluding carboxylic acids is 3. The lowest BCUT2D eigenvalue weighted by atomic mass is 9.86. The molecule has 0 aromatic heterocycles. The van der Waals surface area contributed by atoms with Crippen LogP contribution in [0.25, 0.3) is 0 Å². The van der Waals surface area contributed by atoms with Crippen LogP contribution in [0.2, 0.25) is 0 Å². The fraction of sp³-hybridized carbons (Fsp3) is 0.217. The molecule has 2 aromatic rings. The third-order valence-electron chi connectivity index (χ3n) is 6.33. The molecule has 0 N–H and O–H groups in total. The highest BCUT2D eigenvalue weighted by molar-refractivity contribution is 6.24. The fourth-order valence-corrected chi connectivity index (χ4v) is 4.86. The number of fused-ring (bicyclic) bond motifs is 3. The van der Waals surface area contributed by atoms with E-state index in [1.54, 1.807) is 12.2 Å². The number of imide groups is 1. The normalized spacial score (nSPS) is 25.1. The van der Waals surface area contributed by atoms with Crippen molar-refractivity contribution in [1.29, 1.82) is 0 Å². The van der Waals surface area contributed by atoms with Gasteiger partial charge in [-0.2, -0.15) is 18.3 Å². The van der Waals surface area contributed by atoms with E-state index in [0.717, 1.165) is 18.2 Å². The number of amides is 2. The van der Waals surface area contributed by atoms with E-state index in [1.807, 2.05) is 0 Å². The predicted octanol–water partition coefficient (Wildman–Crippen LogP) is 3.21. The SMILES string of the molecule is O=C(c1cccc([N+](=O)[O-])c1)[C@@H]1[C@@H]2C(=O)N(c3cccc(C(F)(F)F)c3)C(=O)[C@@H]2[C@@H]2C=CC=NN12. The summed E-state index contributed by atoms with van der Waals surface area (Å²) in [4.78, 5) is 51.5. The van der Waals surface area contributed by atoms with Gasteiger partial charge in [0.15, 0.2) is 5.78 Å². The summed E-state index contributed by atoms with van der Waals surface area (Å²) in [5.74, 6) is -4.55. The van der Waals surface area contributed by atoms with Gasteiger partial charge >= 0.3 is 6.18 Å². The Morgan fingerprint density at radius 2 is 1.74 bits per heavy atom. The van der Waals surface area contributed by atoms with E-state index in [1.165, 1.54) is 35.5 Å².